The standard InChI is InChI=1S/C6H6IN3/c1-2-4-5(7)6(8)10-3-9-4/h2-3H,1H2,(H2,8,9,10). The molecule has 0 saturated heterocycles. The number of anilines is 1. The maximum atomic E-state index is 5.49. The highest BCUT2D eigenvalue weighted by atomic mass is 127. The fraction of sp³-hybridized carbons (Fsp3) is 0. The normalized spacial score (nSPS) is 9.30. The summed E-state index contributed by atoms with van der Waals surface area (Å²) in [6.45, 7) is 3.58. The average Bonchev–Trinajstić information content (AvgIpc) is 1.95. The molecule has 1 heterocycles. The maximum absolute atomic E-state index is 5.49. The van der Waals surface area contributed by atoms with Crippen LogP contribution in [-0.2, 0) is 0 Å². The number of halogens is 1. The van der Waals surface area contributed by atoms with Crippen LogP contribution in [-0.4, -0.2) is 9.97 Å². The number of nitrogens with zero attached hydrogens (tertiary/aromatic N) is 2. The zero-order valence-electron chi connectivity index (χ0n) is 5.21. The molecule has 0 aliphatic heterocycles. The van der Waals surface area contributed by atoms with E-state index in [0.717, 1.165) is 9.26 Å². The number of nitrogens with two attached hydrogens (primary N) is 1. The van der Waals surface area contributed by atoms with E-state index in [1.807, 2.05) is 0 Å². The van der Waals surface area contributed by atoms with Crippen molar-refractivity contribution in [2.45, 2.75) is 0 Å². The van der Waals surface area contributed by atoms with Crippen LogP contribution in [0.25, 0.3) is 6.08 Å². The molecule has 0 fully saturated rings. The summed E-state index contributed by atoms with van der Waals surface area (Å²) in [5.41, 5.74) is 6.28. The summed E-state index contributed by atoms with van der Waals surface area (Å²) in [5.74, 6) is 0.505. The summed E-state index contributed by atoms with van der Waals surface area (Å²) in [6, 6.07) is 0. The molecule has 0 radical (unpaired) electrons. The Bertz CT molecular complexity index is 259. The molecule has 0 amide bonds. The molecule has 52 valence electrons. The Labute approximate surface area is 72.5 Å². The molecule has 0 atom stereocenters. The molecule has 0 bridgehead atoms. The number of hydrogen-bond acceptors (Lipinski definition) is 3. The predicted molar refractivity (Wildman–Crippen MR) is 49.3 cm³/mol. The largest absolute Gasteiger partial charge is 0.383 e. The van der Waals surface area contributed by atoms with E-state index in [9.17, 15) is 0 Å². The fourth-order valence-corrected chi connectivity index (χ4v) is 1.04. The smallest absolute Gasteiger partial charge is 0.140 e. The van der Waals surface area contributed by atoms with Crippen LogP contribution in [0.5, 0.6) is 0 Å². The second-order valence-electron chi connectivity index (χ2n) is 1.66. The van der Waals surface area contributed by atoms with E-state index < -0.39 is 0 Å². The van der Waals surface area contributed by atoms with E-state index >= 15 is 0 Å². The van der Waals surface area contributed by atoms with Gasteiger partial charge in [-0.2, -0.15) is 0 Å². The third-order valence-corrected chi connectivity index (χ3v) is 2.14. The van der Waals surface area contributed by atoms with Gasteiger partial charge in [0.25, 0.3) is 0 Å². The van der Waals surface area contributed by atoms with Gasteiger partial charge in [-0.15, -0.1) is 0 Å². The Balaban J connectivity index is 3.27. The van der Waals surface area contributed by atoms with Gasteiger partial charge in [-0.25, -0.2) is 9.97 Å². The van der Waals surface area contributed by atoms with Gasteiger partial charge in [0.2, 0.25) is 0 Å². The van der Waals surface area contributed by atoms with Crippen LogP contribution in [0.3, 0.4) is 0 Å². The van der Waals surface area contributed by atoms with Gasteiger partial charge in [-0.05, 0) is 28.7 Å². The highest BCUT2D eigenvalue weighted by molar-refractivity contribution is 14.1. The van der Waals surface area contributed by atoms with Crippen molar-refractivity contribution in [1.82, 2.24) is 9.97 Å². The van der Waals surface area contributed by atoms with Gasteiger partial charge >= 0.3 is 0 Å². The molecule has 0 saturated carbocycles. The Kier molecular flexibility index (Phi) is 2.21. The quantitative estimate of drug-likeness (QED) is 0.761. The summed E-state index contributed by atoms with van der Waals surface area (Å²) >= 11 is 2.08. The molecule has 1 rings (SSSR count). The first-order chi connectivity index (χ1) is 4.75. The van der Waals surface area contributed by atoms with Gasteiger partial charge in [0.1, 0.15) is 12.1 Å². The predicted octanol–water partition coefficient (Wildman–Crippen LogP) is 1.31. The van der Waals surface area contributed by atoms with Crippen LogP contribution in [0.15, 0.2) is 12.9 Å². The minimum Gasteiger partial charge on any atom is -0.383 e. The average molecular weight is 247 g/mol. The van der Waals surface area contributed by atoms with Gasteiger partial charge in [-0.3, -0.25) is 0 Å². The molecule has 1 aromatic rings. The van der Waals surface area contributed by atoms with Crippen molar-refractivity contribution in [3.8, 4) is 0 Å². The van der Waals surface area contributed by atoms with Gasteiger partial charge in [0.05, 0.1) is 9.26 Å². The second-order valence-corrected chi connectivity index (χ2v) is 2.74. The molecule has 1 aromatic heterocycles. The first-order valence-electron chi connectivity index (χ1n) is 2.64. The zero-order chi connectivity index (χ0) is 7.56. The number of hydrogen-bond donors (Lipinski definition) is 1. The first kappa shape index (κ1) is 7.46. The monoisotopic (exact) mass is 247 g/mol. The van der Waals surface area contributed by atoms with Gasteiger partial charge in [-0.1, -0.05) is 6.58 Å². The lowest BCUT2D eigenvalue weighted by Crippen LogP contribution is -1.97. The number of nitrogen functional groups attached to an aromatic ring is 1. The van der Waals surface area contributed by atoms with Crippen molar-refractivity contribution < 1.29 is 0 Å². The molecule has 0 aliphatic rings. The Morgan fingerprint density at radius 2 is 2.30 bits per heavy atom. The van der Waals surface area contributed by atoms with Crippen molar-refractivity contribution in [3.63, 3.8) is 0 Å². The maximum Gasteiger partial charge on any atom is 0.140 e. The summed E-state index contributed by atoms with van der Waals surface area (Å²) in [7, 11) is 0. The van der Waals surface area contributed by atoms with Crippen LogP contribution in [0.2, 0.25) is 0 Å². The molecule has 4 heteroatoms. The SMILES string of the molecule is C=Cc1ncnc(N)c1I. The summed E-state index contributed by atoms with van der Waals surface area (Å²) in [5, 5.41) is 0. The van der Waals surface area contributed by atoms with E-state index in [0.29, 0.717) is 5.82 Å². The summed E-state index contributed by atoms with van der Waals surface area (Å²) < 4.78 is 0.857. The number of rotatable bonds is 1. The molecule has 0 spiro atoms. The highest BCUT2D eigenvalue weighted by Gasteiger charge is 1.99. The van der Waals surface area contributed by atoms with Gasteiger partial charge < -0.3 is 5.73 Å². The Hall–Kier alpha value is -0.650. The van der Waals surface area contributed by atoms with Crippen molar-refractivity contribution in [2.75, 3.05) is 5.73 Å². The minimum absolute atomic E-state index is 0.505. The van der Waals surface area contributed by atoms with Crippen molar-refractivity contribution in [3.05, 3.63) is 22.2 Å². The van der Waals surface area contributed by atoms with Gasteiger partial charge in [0, 0.05) is 0 Å². The van der Waals surface area contributed by atoms with Crippen LogP contribution in [0, 0.1) is 3.57 Å². The third kappa shape index (κ3) is 1.26. The van der Waals surface area contributed by atoms with E-state index in [-0.39, 0.29) is 0 Å². The lowest BCUT2D eigenvalue weighted by molar-refractivity contribution is 1.14. The van der Waals surface area contributed by atoms with Crippen molar-refractivity contribution in [1.29, 1.82) is 0 Å². The summed E-state index contributed by atoms with van der Waals surface area (Å²) in [6.07, 6.45) is 3.08. The van der Waals surface area contributed by atoms with Crippen LogP contribution in [0.1, 0.15) is 5.69 Å². The molecule has 0 aliphatic carbocycles. The molecule has 2 N–H and O–H groups in total. The lowest BCUT2D eigenvalue weighted by Gasteiger charge is -1.97. The zero-order valence-corrected chi connectivity index (χ0v) is 7.37. The fourth-order valence-electron chi connectivity index (χ4n) is 0.540. The Morgan fingerprint density at radius 3 is 2.80 bits per heavy atom. The molecule has 10 heavy (non-hydrogen) atoms. The third-order valence-electron chi connectivity index (χ3n) is 1.04. The minimum atomic E-state index is 0.505. The van der Waals surface area contributed by atoms with Gasteiger partial charge in [0.15, 0.2) is 0 Å². The number of aromatic nitrogens is 2. The summed E-state index contributed by atoms with van der Waals surface area (Å²) in [4.78, 5) is 7.74. The molecular formula is C6H6IN3. The van der Waals surface area contributed by atoms with Crippen LogP contribution < -0.4 is 5.73 Å². The van der Waals surface area contributed by atoms with Crippen molar-refractivity contribution >= 4 is 34.5 Å². The van der Waals surface area contributed by atoms with E-state index in [2.05, 4.69) is 39.1 Å². The first-order valence-corrected chi connectivity index (χ1v) is 3.72. The van der Waals surface area contributed by atoms with E-state index in [1.54, 1.807) is 6.08 Å². The second kappa shape index (κ2) is 2.96. The van der Waals surface area contributed by atoms with Crippen molar-refractivity contribution in [2.24, 2.45) is 0 Å². The highest BCUT2D eigenvalue weighted by Crippen LogP contribution is 2.14. The Morgan fingerprint density at radius 1 is 1.60 bits per heavy atom. The molecule has 0 aromatic carbocycles. The van der Waals surface area contributed by atoms with Crippen LogP contribution >= 0.6 is 22.6 Å². The molecule has 0 unspecified atom stereocenters. The van der Waals surface area contributed by atoms with Crippen LogP contribution in [0.4, 0.5) is 5.82 Å². The lowest BCUT2D eigenvalue weighted by atomic mass is 10.4. The topological polar surface area (TPSA) is 51.8 Å². The van der Waals surface area contributed by atoms with E-state index in [1.165, 1.54) is 6.33 Å². The molecular weight excluding hydrogens is 241 g/mol. The molecule has 3 nitrogen and oxygen atoms in total. The van der Waals surface area contributed by atoms with E-state index in [4.69, 9.17) is 5.73 Å².